The molecule has 0 unspecified atom stereocenters. The van der Waals surface area contributed by atoms with E-state index in [9.17, 15) is 0 Å². The first kappa shape index (κ1) is 12.2. The molecular weight excluding hydrogens is 240 g/mol. The number of hydrogen-bond donors (Lipinski definition) is 3. The summed E-state index contributed by atoms with van der Waals surface area (Å²) in [6.45, 7) is 5.27. The van der Waals surface area contributed by atoms with Crippen LogP contribution >= 0.6 is 0 Å². The molecule has 0 amide bonds. The van der Waals surface area contributed by atoms with E-state index in [2.05, 4.69) is 44.6 Å². The molecule has 3 rings (SSSR count). The number of H-pyrrole nitrogens is 1. The van der Waals surface area contributed by atoms with E-state index >= 15 is 0 Å². The summed E-state index contributed by atoms with van der Waals surface area (Å²) in [5.41, 5.74) is 0.781. The zero-order valence-electron chi connectivity index (χ0n) is 11.4. The number of rotatable bonds is 5. The summed E-state index contributed by atoms with van der Waals surface area (Å²) < 4.78 is 0. The van der Waals surface area contributed by atoms with Crippen molar-refractivity contribution < 1.29 is 0 Å². The second-order valence-electron chi connectivity index (χ2n) is 5.37. The van der Waals surface area contributed by atoms with Gasteiger partial charge in [0, 0.05) is 12.6 Å². The fourth-order valence-electron chi connectivity index (χ4n) is 2.47. The number of anilines is 2. The molecule has 0 radical (unpaired) electrons. The van der Waals surface area contributed by atoms with Crippen molar-refractivity contribution in [1.82, 2.24) is 20.2 Å². The molecule has 1 fully saturated rings. The predicted octanol–water partition coefficient (Wildman–Crippen LogP) is 2.39. The molecule has 0 spiro atoms. The van der Waals surface area contributed by atoms with Gasteiger partial charge in [0.25, 0.3) is 0 Å². The highest BCUT2D eigenvalue weighted by molar-refractivity contribution is 5.87. The molecule has 3 N–H and O–H groups in total. The Kier molecular flexibility index (Phi) is 3.23. The van der Waals surface area contributed by atoms with E-state index in [-0.39, 0.29) is 0 Å². The van der Waals surface area contributed by atoms with Crippen LogP contribution < -0.4 is 10.6 Å². The highest BCUT2D eigenvalue weighted by atomic mass is 15.2. The third-order valence-corrected chi connectivity index (χ3v) is 3.56. The van der Waals surface area contributed by atoms with Gasteiger partial charge in [0.1, 0.15) is 5.82 Å². The Morgan fingerprint density at radius 1 is 1.37 bits per heavy atom. The van der Waals surface area contributed by atoms with Crippen molar-refractivity contribution in [3.8, 4) is 0 Å². The van der Waals surface area contributed by atoms with Gasteiger partial charge in [0.2, 0.25) is 5.95 Å². The molecule has 0 atom stereocenters. The Labute approximate surface area is 112 Å². The van der Waals surface area contributed by atoms with Gasteiger partial charge < -0.3 is 10.6 Å². The molecule has 2 aromatic rings. The first-order valence-electron chi connectivity index (χ1n) is 6.97. The van der Waals surface area contributed by atoms with Crippen molar-refractivity contribution in [2.45, 2.75) is 39.2 Å². The maximum atomic E-state index is 4.56. The van der Waals surface area contributed by atoms with Crippen LogP contribution in [0.15, 0.2) is 6.20 Å². The fraction of sp³-hybridized carbons (Fsp3) is 0.615. The van der Waals surface area contributed by atoms with Crippen LogP contribution in [0.5, 0.6) is 0 Å². The van der Waals surface area contributed by atoms with Gasteiger partial charge in [-0.3, -0.25) is 5.10 Å². The quantitative estimate of drug-likeness (QED) is 0.769. The number of fused-ring (bicyclic) bond motifs is 1. The Morgan fingerprint density at radius 3 is 2.95 bits per heavy atom. The van der Waals surface area contributed by atoms with E-state index in [0.29, 0.717) is 12.0 Å². The van der Waals surface area contributed by atoms with Crippen molar-refractivity contribution in [2.75, 3.05) is 17.2 Å². The molecule has 6 nitrogen and oxygen atoms in total. The summed E-state index contributed by atoms with van der Waals surface area (Å²) in [5.74, 6) is 2.36. The first-order valence-corrected chi connectivity index (χ1v) is 6.97. The molecule has 1 aliphatic carbocycles. The summed E-state index contributed by atoms with van der Waals surface area (Å²) in [6, 6.07) is 0.530. The Morgan fingerprint density at radius 2 is 2.21 bits per heavy atom. The summed E-state index contributed by atoms with van der Waals surface area (Å²) in [4.78, 5) is 8.98. The molecule has 1 aliphatic rings. The average molecular weight is 260 g/mol. The van der Waals surface area contributed by atoms with Crippen LogP contribution in [-0.2, 0) is 0 Å². The first-order chi connectivity index (χ1) is 9.26. The highest BCUT2D eigenvalue weighted by Gasteiger charge is 2.26. The molecule has 0 aromatic carbocycles. The molecule has 1 saturated carbocycles. The number of nitrogens with zero attached hydrogens (tertiary/aromatic N) is 3. The largest absolute Gasteiger partial charge is 0.367 e. The van der Waals surface area contributed by atoms with Crippen molar-refractivity contribution in [1.29, 1.82) is 0 Å². The maximum Gasteiger partial charge on any atom is 0.226 e. The van der Waals surface area contributed by atoms with Crippen LogP contribution in [0.4, 0.5) is 11.8 Å². The smallest absolute Gasteiger partial charge is 0.226 e. The zero-order valence-corrected chi connectivity index (χ0v) is 11.4. The lowest BCUT2D eigenvalue weighted by atomic mass is 9.82. The van der Waals surface area contributed by atoms with Gasteiger partial charge >= 0.3 is 0 Å². The van der Waals surface area contributed by atoms with E-state index in [1.54, 1.807) is 6.20 Å². The standard InChI is InChI=1S/C13H20N6/c1-3-4-14-13-17-11(16-9-5-8(2)6-9)10-7-15-19-12(10)18-13/h7-9H,3-6H2,1-2H3,(H3,14,15,16,17,18,19). The lowest BCUT2D eigenvalue weighted by molar-refractivity contribution is 0.309. The van der Waals surface area contributed by atoms with Crippen LogP contribution in [0.3, 0.4) is 0 Å². The Balaban J connectivity index is 1.85. The van der Waals surface area contributed by atoms with Crippen LogP contribution in [-0.4, -0.2) is 32.8 Å². The second kappa shape index (κ2) is 5.03. The normalized spacial score (nSPS) is 22.2. The lowest BCUT2D eigenvalue weighted by Crippen LogP contribution is -2.34. The third-order valence-electron chi connectivity index (χ3n) is 3.56. The van der Waals surface area contributed by atoms with Gasteiger partial charge in [-0.2, -0.15) is 15.1 Å². The number of hydrogen-bond acceptors (Lipinski definition) is 5. The molecule has 2 heterocycles. The third kappa shape index (κ3) is 2.47. The van der Waals surface area contributed by atoms with Gasteiger partial charge in [-0.05, 0) is 25.2 Å². The Bertz CT molecular complexity index is 557. The lowest BCUT2D eigenvalue weighted by Gasteiger charge is -2.33. The molecule has 0 saturated heterocycles. The van der Waals surface area contributed by atoms with Crippen molar-refractivity contribution >= 4 is 22.8 Å². The van der Waals surface area contributed by atoms with Gasteiger partial charge in [0.05, 0.1) is 11.6 Å². The fourth-order valence-corrected chi connectivity index (χ4v) is 2.47. The summed E-state index contributed by atoms with van der Waals surface area (Å²) in [6.07, 6.45) is 5.25. The topological polar surface area (TPSA) is 78.5 Å². The highest BCUT2D eigenvalue weighted by Crippen LogP contribution is 2.31. The molecular formula is C13H20N6. The minimum Gasteiger partial charge on any atom is -0.367 e. The molecule has 102 valence electrons. The van der Waals surface area contributed by atoms with E-state index in [1.165, 1.54) is 12.8 Å². The molecule has 0 aliphatic heterocycles. The van der Waals surface area contributed by atoms with Crippen molar-refractivity contribution in [3.05, 3.63) is 6.20 Å². The zero-order chi connectivity index (χ0) is 13.2. The van der Waals surface area contributed by atoms with Gasteiger partial charge in [-0.1, -0.05) is 13.8 Å². The Hall–Kier alpha value is -1.85. The van der Waals surface area contributed by atoms with E-state index in [0.717, 1.165) is 35.7 Å². The summed E-state index contributed by atoms with van der Waals surface area (Å²) in [5, 5.41) is 14.7. The number of nitrogens with one attached hydrogen (secondary N) is 3. The van der Waals surface area contributed by atoms with Crippen LogP contribution in [0.1, 0.15) is 33.1 Å². The maximum absolute atomic E-state index is 4.56. The van der Waals surface area contributed by atoms with E-state index in [1.807, 2.05) is 0 Å². The van der Waals surface area contributed by atoms with E-state index < -0.39 is 0 Å². The molecule has 0 bridgehead atoms. The number of aromatic amines is 1. The van der Waals surface area contributed by atoms with Crippen LogP contribution in [0, 0.1) is 5.92 Å². The number of aromatic nitrogens is 4. The SMILES string of the molecule is CCCNc1nc(NC2CC(C)C2)c2cn[nH]c2n1. The second-order valence-corrected chi connectivity index (χ2v) is 5.37. The van der Waals surface area contributed by atoms with Crippen molar-refractivity contribution in [3.63, 3.8) is 0 Å². The summed E-state index contributed by atoms with van der Waals surface area (Å²) >= 11 is 0. The molecule has 6 heteroatoms. The van der Waals surface area contributed by atoms with Gasteiger partial charge in [0.15, 0.2) is 5.65 Å². The minimum atomic E-state index is 0.530. The monoisotopic (exact) mass is 260 g/mol. The summed E-state index contributed by atoms with van der Waals surface area (Å²) in [7, 11) is 0. The van der Waals surface area contributed by atoms with E-state index in [4.69, 9.17) is 0 Å². The molecule has 19 heavy (non-hydrogen) atoms. The van der Waals surface area contributed by atoms with Gasteiger partial charge in [-0.25, -0.2) is 0 Å². The minimum absolute atomic E-state index is 0.530. The van der Waals surface area contributed by atoms with Crippen molar-refractivity contribution in [2.24, 2.45) is 5.92 Å². The molecule has 2 aromatic heterocycles. The average Bonchev–Trinajstić information content (AvgIpc) is 2.82. The van der Waals surface area contributed by atoms with Gasteiger partial charge in [-0.15, -0.1) is 0 Å². The predicted molar refractivity (Wildman–Crippen MR) is 76.3 cm³/mol. The van der Waals surface area contributed by atoms with Crippen LogP contribution in [0.25, 0.3) is 11.0 Å². The van der Waals surface area contributed by atoms with Crippen LogP contribution in [0.2, 0.25) is 0 Å².